The summed E-state index contributed by atoms with van der Waals surface area (Å²) in [5, 5.41) is 6.97. The van der Waals surface area contributed by atoms with Crippen molar-refractivity contribution in [2.24, 2.45) is 5.92 Å². The number of hydrogen-bond donors (Lipinski definition) is 1. The fourth-order valence-corrected chi connectivity index (χ4v) is 3.25. The van der Waals surface area contributed by atoms with E-state index < -0.39 is 0 Å². The van der Waals surface area contributed by atoms with Gasteiger partial charge in [-0.1, -0.05) is 18.2 Å². The van der Waals surface area contributed by atoms with Gasteiger partial charge in [0.25, 0.3) is 0 Å². The third-order valence-corrected chi connectivity index (χ3v) is 4.51. The minimum absolute atomic E-state index is 0.116. The van der Waals surface area contributed by atoms with Crippen LogP contribution in [0.2, 0.25) is 0 Å². The highest BCUT2D eigenvalue weighted by atomic mass is 16.5. The van der Waals surface area contributed by atoms with Crippen LogP contribution in [0.5, 0.6) is 5.75 Å². The number of benzene rings is 1. The van der Waals surface area contributed by atoms with E-state index in [2.05, 4.69) is 15.2 Å². The van der Waals surface area contributed by atoms with E-state index in [0.717, 1.165) is 23.6 Å². The number of ether oxygens (including phenoxy) is 2. The van der Waals surface area contributed by atoms with Crippen LogP contribution in [-0.2, 0) is 16.0 Å². The molecule has 1 aromatic heterocycles. The zero-order valence-electron chi connectivity index (χ0n) is 13.6. The van der Waals surface area contributed by atoms with Gasteiger partial charge in [-0.3, -0.25) is 9.89 Å². The zero-order chi connectivity index (χ0) is 16.5. The van der Waals surface area contributed by atoms with Gasteiger partial charge in [-0.05, 0) is 25.0 Å². The molecule has 2 aliphatic rings. The Morgan fingerprint density at radius 1 is 1.38 bits per heavy atom. The standard InChI is InChI=1S/C17H20N4O3/c1-11-18-16(20-19-11)15-9-21(6-7-23-15)17(22)13-8-12-4-2-3-5-14(12)24-10-13/h2-5,13,15H,6-10H2,1H3,(H,18,19,20)/t13-,15+/m1/s1. The SMILES string of the molecule is Cc1nc([C@@H]2CN(C(=O)[C@H]3COc4ccccc4C3)CCO2)n[nH]1. The maximum absolute atomic E-state index is 12.9. The number of nitrogens with zero attached hydrogens (tertiary/aromatic N) is 3. The van der Waals surface area contributed by atoms with Gasteiger partial charge in [-0.15, -0.1) is 0 Å². The van der Waals surface area contributed by atoms with Crippen LogP contribution in [0.4, 0.5) is 0 Å². The summed E-state index contributed by atoms with van der Waals surface area (Å²) in [5.41, 5.74) is 1.09. The van der Waals surface area contributed by atoms with Gasteiger partial charge < -0.3 is 14.4 Å². The highest BCUT2D eigenvalue weighted by Gasteiger charge is 2.33. The summed E-state index contributed by atoms with van der Waals surface area (Å²) in [6, 6.07) is 7.90. The van der Waals surface area contributed by atoms with Crippen molar-refractivity contribution in [1.82, 2.24) is 20.1 Å². The average molecular weight is 328 g/mol. The molecule has 2 aliphatic heterocycles. The lowest BCUT2D eigenvalue weighted by atomic mass is 9.95. The van der Waals surface area contributed by atoms with Gasteiger partial charge in [0, 0.05) is 6.54 Å². The van der Waals surface area contributed by atoms with Crippen LogP contribution in [0.25, 0.3) is 0 Å². The molecule has 2 atom stereocenters. The van der Waals surface area contributed by atoms with Crippen molar-refractivity contribution in [1.29, 1.82) is 0 Å². The molecule has 2 aromatic rings. The van der Waals surface area contributed by atoms with E-state index in [-0.39, 0.29) is 17.9 Å². The number of amides is 1. The lowest BCUT2D eigenvalue weighted by Gasteiger charge is -2.35. The number of H-pyrrole nitrogens is 1. The topological polar surface area (TPSA) is 80.3 Å². The number of rotatable bonds is 2. The van der Waals surface area contributed by atoms with Crippen LogP contribution >= 0.6 is 0 Å². The van der Waals surface area contributed by atoms with Crippen molar-refractivity contribution >= 4 is 5.91 Å². The first kappa shape index (κ1) is 15.1. The molecule has 7 nitrogen and oxygen atoms in total. The maximum Gasteiger partial charge on any atom is 0.229 e. The number of aromatic amines is 1. The van der Waals surface area contributed by atoms with Crippen molar-refractivity contribution in [3.05, 3.63) is 41.5 Å². The van der Waals surface area contributed by atoms with Gasteiger partial charge in [0.05, 0.1) is 19.1 Å². The Morgan fingerprint density at radius 2 is 2.25 bits per heavy atom. The van der Waals surface area contributed by atoms with E-state index in [1.165, 1.54) is 0 Å². The molecule has 1 fully saturated rings. The number of morpholine rings is 1. The summed E-state index contributed by atoms with van der Waals surface area (Å²) in [5.74, 6) is 2.21. The van der Waals surface area contributed by atoms with Gasteiger partial charge >= 0.3 is 0 Å². The Morgan fingerprint density at radius 3 is 3.08 bits per heavy atom. The molecule has 1 amide bonds. The fourth-order valence-electron chi connectivity index (χ4n) is 3.25. The highest BCUT2D eigenvalue weighted by molar-refractivity contribution is 5.80. The summed E-state index contributed by atoms with van der Waals surface area (Å²) in [4.78, 5) is 19.1. The molecule has 0 aliphatic carbocycles. The minimum Gasteiger partial charge on any atom is -0.492 e. The largest absolute Gasteiger partial charge is 0.492 e. The summed E-state index contributed by atoms with van der Waals surface area (Å²) in [6.45, 7) is 3.84. The van der Waals surface area contributed by atoms with E-state index in [4.69, 9.17) is 9.47 Å². The van der Waals surface area contributed by atoms with E-state index in [0.29, 0.717) is 32.1 Å². The van der Waals surface area contributed by atoms with Crippen LogP contribution in [0.1, 0.15) is 23.3 Å². The number of fused-ring (bicyclic) bond motifs is 1. The van der Waals surface area contributed by atoms with Crippen LogP contribution in [0.3, 0.4) is 0 Å². The number of aryl methyl sites for hydroxylation is 1. The lowest BCUT2D eigenvalue weighted by molar-refractivity contribution is -0.145. The van der Waals surface area contributed by atoms with Crippen molar-refractivity contribution in [2.75, 3.05) is 26.3 Å². The Kier molecular flexibility index (Phi) is 3.93. The molecule has 0 spiro atoms. The normalized spacial score (nSPS) is 23.5. The number of carbonyl (C=O) groups is 1. The number of aromatic nitrogens is 3. The average Bonchev–Trinajstić information content (AvgIpc) is 3.07. The van der Waals surface area contributed by atoms with Crippen molar-refractivity contribution in [3.63, 3.8) is 0 Å². The molecule has 3 heterocycles. The van der Waals surface area contributed by atoms with Crippen LogP contribution in [0, 0.1) is 12.8 Å². The molecule has 0 saturated carbocycles. The van der Waals surface area contributed by atoms with Gasteiger partial charge in [-0.25, -0.2) is 4.98 Å². The molecule has 24 heavy (non-hydrogen) atoms. The first-order valence-corrected chi connectivity index (χ1v) is 8.20. The summed E-state index contributed by atoms with van der Waals surface area (Å²) in [6.07, 6.45) is 0.445. The second-order valence-corrected chi connectivity index (χ2v) is 6.24. The Labute approximate surface area is 140 Å². The van der Waals surface area contributed by atoms with E-state index in [1.807, 2.05) is 36.1 Å². The molecule has 4 rings (SSSR count). The third kappa shape index (κ3) is 2.87. The van der Waals surface area contributed by atoms with Crippen molar-refractivity contribution < 1.29 is 14.3 Å². The second kappa shape index (κ2) is 6.24. The summed E-state index contributed by atoms with van der Waals surface area (Å²) >= 11 is 0. The highest BCUT2D eigenvalue weighted by Crippen LogP contribution is 2.29. The van der Waals surface area contributed by atoms with Gasteiger partial charge in [0.1, 0.15) is 24.3 Å². The lowest BCUT2D eigenvalue weighted by Crippen LogP contribution is -2.47. The zero-order valence-corrected chi connectivity index (χ0v) is 13.6. The maximum atomic E-state index is 12.9. The van der Waals surface area contributed by atoms with E-state index >= 15 is 0 Å². The van der Waals surface area contributed by atoms with Crippen LogP contribution < -0.4 is 4.74 Å². The third-order valence-electron chi connectivity index (χ3n) is 4.51. The minimum atomic E-state index is -0.274. The second-order valence-electron chi connectivity index (χ2n) is 6.24. The Hall–Kier alpha value is -2.41. The predicted molar refractivity (Wildman–Crippen MR) is 85.5 cm³/mol. The molecule has 0 radical (unpaired) electrons. The molecule has 1 saturated heterocycles. The predicted octanol–water partition coefficient (Wildman–Crippen LogP) is 1.26. The van der Waals surface area contributed by atoms with E-state index in [1.54, 1.807) is 0 Å². The number of carbonyl (C=O) groups excluding carboxylic acids is 1. The van der Waals surface area contributed by atoms with Gasteiger partial charge in [-0.2, -0.15) is 5.10 Å². The molecule has 0 unspecified atom stereocenters. The van der Waals surface area contributed by atoms with E-state index in [9.17, 15) is 4.79 Å². The fraction of sp³-hybridized carbons (Fsp3) is 0.471. The van der Waals surface area contributed by atoms with Crippen molar-refractivity contribution in [2.45, 2.75) is 19.4 Å². The number of hydrogen-bond acceptors (Lipinski definition) is 5. The van der Waals surface area contributed by atoms with Gasteiger partial charge in [0.15, 0.2) is 5.82 Å². The first-order valence-electron chi connectivity index (χ1n) is 8.20. The molecule has 7 heteroatoms. The van der Waals surface area contributed by atoms with Crippen molar-refractivity contribution in [3.8, 4) is 5.75 Å². The monoisotopic (exact) mass is 328 g/mol. The summed E-state index contributed by atoms with van der Waals surface area (Å²) < 4.78 is 11.5. The van der Waals surface area contributed by atoms with Crippen LogP contribution in [0.15, 0.2) is 24.3 Å². The molecular weight excluding hydrogens is 308 g/mol. The summed E-state index contributed by atoms with van der Waals surface area (Å²) in [7, 11) is 0. The molecule has 1 aromatic carbocycles. The molecule has 1 N–H and O–H groups in total. The molecular formula is C17H20N4O3. The number of para-hydroxylation sites is 1. The number of nitrogens with one attached hydrogen (secondary N) is 1. The molecule has 0 bridgehead atoms. The Bertz CT molecular complexity index is 745. The first-order chi connectivity index (χ1) is 11.7. The molecule has 126 valence electrons. The quantitative estimate of drug-likeness (QED) is 0.898. The smallest absolute Gasteiger partial charge is 0.229 e. The van der Waals surface area contributed by atoms with Gasteiger partial charge in [0.2, 0.25) is 5.91 Å². The van der Waals surface area contributed by atoms with Crippen LogP contribution in [-0.4, -0.2) is 52.3 Å². The Balaban J connectivity index is 1.45.